The second kappa shape index (κ2) is 11.1. The highest BCUT2D eigenvalue weighted by atomic mass is 35.5. The Hall–Kier alpha value is -3.72. The first kappa shape index (κ1) is 24.4. The average molecular weight is 508 g/mol. The second-order valence-electron chi connectivity index (χ2n) is 7.57. The number of hydrogen-bond acceptors (Lipinski definition) is 5. The standard InChI is InChI=1S/C26H22ClN3O4S/c27-21-11-15-24(16-12-21)35(32,33)29-18-23-14-13-22(34-23)17-28-30-26(31)25(19-7-3-1-4-8-19)20-9-5-2-6-10-20/h1-17,25,29H,18H2,(H,30,31)/b28-17-. The van der Waals surface area contributed by atoms with Crippen molar-refractivity contribution in [3.05, 3.63) is 125 Å². The highest BCUT2D eigenvalue weighted by Crippen LogP contribution is 2.24. The van der Waals surface area contributed by atoms with Crippen LogP contribution in [0.4, 0.5) is 0 Å². The van der Waals surface area contributed by atoms with Gasteiger partial charge in [-0.2, -0.15) is 5.10 Å². The summed E-state index contributed by atoms with van der Waals surface area (Å²) in [4.78, 5) is 13.1. The third kappa shape index (κ3) is 6.45. The lowest BCUT2D eigenvalue weighted by molar-refractivity contribution is -0.121. The third-order valence-corrected chi connectivity index (χ3v) is 6.81. The van der Waals surface area contributed by atoms with Gasteiger partial charge in [0.25, 0.3) is 5.91 Å². The number of sulfonamides is 1. The summed E-state index contributed by atoms with van der Waals surface area (Å²) in [6.45, 7) is -0.0464. The zero-order chi connectivity index (χ0) is 24.7. The zero-order valence-electron chi connectivity index (χ0n) is 18.5. The Bertz CT molecular complexity index is 1360. The van der Waals surface area contributed by atoms with Crippen LogP contribution in [0.5, 0.6) is 0 Å². The third-order valence-electron chi connectivity index (χ3n) is 5.14. The molecule has 178 valence electrons. The maximum Gasteiger partial charge on any atom is 0.252 e. The molecule has 0 aliphatic rings. The highest BCUT2D eigenvalue weighted by molar-refractivity contribution is 7.89. The Morgan fingerprint density at radius 3 is 2.09 bits per heavy atom. The van der Waals surface area contributed by atoms with Crippen LogP contribution in [-0.2, 0) is 21.4 Å². The fourth-order valence-corrected chi connectivity index (χ4v) is 4.55. The van der Waals surface area contributed by atoms with Gasteiger partial charge in [-0.15, -0.1) is 0 Å². The Morgan fingerprint density at radius 2 is 1.49 bits per heavy atom. The van der Waals surface area contributed by atoms with Crippen molar-refractivity contribution in [2.45, 2.75) is 17.4 Å². The summed E-state index contributed by atoms with van der Waals surface area (Å²) in [5.41, 5.74) is 4.26. The first-order chi connectivity index (χ1) is 16.9. The maximum absolute atomic E-state index is 13.0. The minimum absolute atomic E-state index is 0.0464. The van der Waals surface area contributed by atoms with Crippen LogP contribution in [0.3, 0.4) is 0 Å². The molecule has 0 saturated heterocycles. The lowest BCUT2D eigenvalue weighted by atomic mass is 9.91. The number of benzene rings is 3. The minimum Gasteiger partial charge on any atom is -0.459 e. The van der Waals surface area contributed by atoms with Crippen molar-refractivity contribution in [3.8, 4) is 0 Å². The summed E-state index contributed by atoms with van der Waals surface area (Å²) in [5, 5.41) is 4.47. The van der Waals surface area contributed by atoms with Gasteiger partial charge in [-0.25, -0.2) is 18.6 Å². The first-order valence-corrected chi connectivity index (χ1v) is 12.6. The van der Waals surface area contributed by atoms with Crippen LogP contribution in [0.25, 0.3) is 0 Å². The summed E-state index contributed by atoms with van der Waals surface area (Å²) in [5.74, 6) is -0.0612. The van der Waals surface area contributed by atoms with Crippen molar-refractivity contribution in [2.75, 3.05) is 0 Å². The average Bonchev–Trinajstić information content (AvgIpc) is 3.32. The molecule has 0 aliphatic heterocycles. The molecule has 0 bridgehead atoms. The number of hydrogen-bond donors (Lipinski definition) is 2. The van der Waals surface area contributed by atoms with Crippen molar-refractivity contribution in [1.29, 1.82) is 0 Å². The SMILES string of the molecule is O=C(N/N=C\c1ccc(CNS(=O)(=O)c2ccc(Cl)cc2)o1)C(c1ccccc1)c1ccccc1. The summed E-state index contributed by atoms with van der Waals surface area (Å²) in [6.07, 6.45) is 1.36. The van der Waals surface area contributed by atoms with E-state index in [2.05, 4.69) is 15.2 Å². The predicted octanol–water partition coefficient (Wildman–Crippen LogP) is 4.69. The van der Waals surface area contributed by atoms with Gasteiger partial charge < -0.3 is 4.42 Å². The molecule has 9 heteroatoms. The van der Waals surface area contributed by atoms with Crippen LogP contribution >= 0.6 is 11.6 Å². The van der Waals surface area contributed by atoms with E-state index in [0.717, 1.165) is 11.1 Å². The molecule has 3 aromatic carbocycles. The van der Waals surface area contributed by atoms with Crippen molar-refractivity contribution in [2.24, 2.45) is 5.10 Å². The van der Waals surface area contributed by atoms with Gasteiger partial charge in [0.2, 0.25) is 10.0 Å². The van der Waals surface area contributed by atoms with Crippen LogP contribution in [-0.4, -0.2) is 20.5 Å². The Kier molecular flexibility index (Phi) is 7.77. The Labute approximate surface area is 208 Å². The van der Waals surface area contributed by atoms with E-state index in [0.29, 0.717) is 16.5 Å². The van der Waals surface area contributed by atoms with Gasteiger partial charge in [0.05, 0.1) is 23.6 Å². The number of halogens is 1. The molecule has 0 atom stereocenters. The van der Waals surface area contributed by atoms with Gasteiger partial charge in [-0.1, -0.05) is 72.3 Å². The topological polar surface area (TPSA) is 101 Å². The van der Waals surface area contributed by atoms with E-state index in [1.807, 2.05) is 60.7 Å². The summed E-state index contributed by atoms with van der Waals surface area (Å²) in [6, 6.07) is 28.0. The van der Waals surface area contributed by atoms with Crippen LogP contribution in [0, 0.1) is 0 Å². The molecular weight excluding hydrogens is 486 g/mol. The quantitative estimate of drug-likeness (QED) is 0.253. The van der Waals surface area contributed by atoms with E-state index in [1.165, 1.54) is 30.5 Å². The molecule has 4 rings (SSSR count). The number of carbonyl (C=O) groups is 1. The summed E-state index contributed by atoms with van der Waals surface area (Å²) >= 11 is 5.81. The molecule has 35 heavy (non-hydrogen) atoms. The molecule has 1 aromatic heterocycles. The van der Waals surface area contributed by atoms with E-state index in [1.54, 1.807) is 12.1 Å². The highest BCUT2D eigenvalue weighted by Gasteiger charge is 2.22. The van der Waals surface area contributed by atoms with Crippen molar-refractivity contribution >= 4 is 33.7 Å². The largest absolute Gasteiger partial charge is 0.459 e. The predicted molar refractivity (Wildman–Crippen MR) is 135 cm³/mol. The molecule has 0 unspecified atom stereocenters. The monoisotopic (exact) mass is 507 g/mol. The zero-order valence-corrected chi connectivity index (χ0v) is 20.0. The number of hydrazone groups is 1. The Morgan fingerprint density at radius 1 is 0.886 bits per heavy atom. The first-order valence-electron chi connectivity index (χ1n) is 10.7. The van der Waals surface area contributed by atoms with Crippen LogP contribution in [0.1, 0.15) is 28.6 Å². The second-order valence-corrected chi connectivity index (χ2v) is 9.77. The fourth-order valence-electron chi connectivity index (χ4n) is 3.43. The number of furan rings is 1. The molecule has 0 radical (unpaired) electrons. The number of nitrogens with zero attached hydrogens (tertiary/aromatic N) is 1. The molecular formula is C26H22ClN3O4S. The number of rotatable bonds is 9. The van der Waals surface area contributed by atoms with Crippen molar-refractivity contribution in [1.82, 2.24) is 10.1 Å². The number of amides is 1. The maximum atomic E-state index is 13.0. The molecule has 0 fully saturated rings. The molecule has 0 spiro atoms. The van der Waals surface area contributed by atoms with E-state index >= 15 is 0 Å². The van der Waals surface area contributed by atoms with Gasteiger partial charge in [-0.3, -0.25) is 4.79 Å². The number of nitrogens with one attached hydrogen (secondary N) is 2. The van der Waals surface area contributed by atoms with Gasteiger partial charge in [0.1, 0.15) is 11.5 Å². The normalized spacial score (nSPS) is 11.7. The van der Waals surface area contributed by atoms with E-state index in [9.17, 15) is 13.2 Å². The van der Waals surface area contributed by atoms with Crippen LogP contribution in [0.15, 0.2) is 111 Å². The summed E-state index contributed by atoms with van der Waals surface area (Å²) < 4.78 is 32.9. The van der Waals surface area contributed by atoms with Crippen LogP contribution < -0.4 is 10.1 Å². The molecule has 7 nitrogen and oxygen atoms in total. The molecule has 1 amide bonds. The summed E-state index contributed by atoms with van der Waals surface area (Å²) in [7, 11) is -3.72. The fraction of sp³-hybridized carbons (Fsp3) is 0.0769. The van der Waals surface area contributed by atoms with Gasteiger partial charge in [-0.05, 0) is 47.5 Å². The lowest BCUT2D eigenvalue weighted by Gasteiger charge is -2.16. The molecule has 2 N–H and O–H groups in total. The van der Waals surface area contributed by atoms with E-state index in [-0.39, 0.29) is 17.3 Å². The van der Waals surface area contributed by atoms with Gasteiger partial charge in [0, 0.05) is 5.02 Å². The smallest absolute Gasteiger partial charge is 0.252 e. The molecule has 0 saturated carbocycles. The van der Waals surface area contributed by atoms with E-state index < -0.39 is 15.9 Å². The van der Waals surface area contributed by atoms with Crippen molar-refractivity contribution < 1.29 is 17.6 Å². The molecule has 1 heterocycles. The van der Waals surface area contributed by atoms with Gasteiger partial charge in [0.15, 0.2) is 0 Å². The molecule has 0 aliphatic carbocycles. The van der Waals surface area contributed by atoms with Crippen molar-refractivity contribution in [3.63, 3.8) is 0 Å². The minimum atomic E-state index is -3.72. The van der Waals surface area contributed by atoms with Gasteiger partial charge >= 0.3 is 0 Å². The number of carbonyl (C=O) groups excluding carboxylic acids is 1. The molecule has 4 aromatic rings. The van der Waals surface area contributed by atoms with E-state index in [4.69, 9.17) is 16.0 Å². The Balaban J connectivity index is 1.38. The lowest BCUT2D eigenvalue weighted by Crippen LogP contribution is -2.26. The van der Waals surface area contributed by atoms with Crippen LogP contribution in [0.2, 0.25) is 5.02 Å².